The first-order valence-electron chi connectivity index (χ1n) is 6.83. The van der Waals surface area contributed by atoms with Gasteiger partial charge < -0.3 is 15.2 Å². The monoisotopic (exact) mass is 265 g/mol. The number of rotatable bonds is 2. The fraction of sp³-hybridized carbons (Fsp3) is 0.600. The van der Waals surface area contributed by atoms with Gasteiger partial charge in [-0.15, -0.1) is 0 Å². The number of halogens is 1. The highest BCUT2D eigenvalue weighted by atomic mass is 19.1. The number of fused-ring (bicyclic) bond motifs is 1. The Hall–Kier alpha value is -1.29. The standard InChI is InChI=1S/C15H20FNO2/c1-14(2,16)10-8-12-13(19-7-6-18-12)9-11(10)15(17)4-3-5-15/h8-9H,3-7,17H2,1-2H3. The zero-order valence-electron chi connectivity index (χ0n) is 11.5. The predicted octanol–water partition coefficient (Wildman–Crippen LogP) is 3.00. The molecule has 0 saturated heterocycles. The van der Waals surface area contributed by atoms with E-state index in [1.165, 1.54) is 0 Å². The first kappa shape index (κ1) is 12.7. The predicted molar refractivity (Wildman–Crippen MR) is 71.3 cm³/mol. The summed E-state index contributed by atoms with van der Waals surface area (Å²) in [7, 11) is 0. The summed E-state index contributed by atoms with van der Waals surface area (Å²) in [6.07, 6.45) is 2.89. The van der Waals surface area contributed by atoms with Crippen molar-refractivity contribution in [3.05, 3.63) is 23.3 Å². The number of ether oxygens (including phenoxy) is 2. The average Bonchev–Trinajstić information content (AvgIpc) is 2.33. The van der Waals surface area contributed by atoms with Gasteiger partial charge in [0.1, 0.15) is 18.9 Å². The molecule has 0 radical (unpaired) electrons. The molecule has 0 spiro atoms. The molecule has 1 fully saturated rings. The van der Waals surface area contributed by atoms with Crippen LogP contribution in [0.4, 0.5) is 4.39 Å². The molecule has 1 aliphatic heterocycles. The third-order valence-corrected chi connectivity index (χ3v) is 4.11. The summed E-state index contributed by atoms with van der Waals surface area (Å²) in [6.45, 7) is 4.16. The Balaban J connectivity index is 2.14. The lowest BCUT2D eigenvalue weighted by atomic mass is 9.69. The van der Waals surface area contributed by atoms with Crippen LogP contribution in [0.3, 0.4) is 0 Å². The minimum atomic E-state index is -1.44. The summed E-state index contributed by atoms with van der Waals surface area (Å²) in [5, 5.41) is 0. The van der Waals surface area contributed by atoms with Crippen molar-refractivity contribution in [3.63, 3.8) is 0 Å². The fourth-order valence-corrected chi connectivity index (χ4v) is 2.82. The Morgan fingerprint density at radius 1 is 1.16 bits per heavy atom. The third kappa shape index (κ3) is 2.08. The third-order valence-electron chi connectivity index (χ3n) is 4.11. The second-order valence-corrected chi connectivity index (χ2v) is 6.02. The minimum Gasteiger partial charge on any atom is -0.486 e. The van der Waals surface area contributed by atoms with Gasteiger partial charge in [-0.3, -0.25) is 0 Å². The lowest BCUT2D eigenvalue weighted by Gasteiger charge is -2.41. The molecule has 1 aliphatic carbocycles. The van der Waals surface area contributed by atoms with E-state index in [0.717, 1.165) is 24.8 Å². The Morgan fingerprint density at radius 2 is 1.74 bits per heavy atom. The van der Waals surface area contributed by atoms with E-state index in [1.54, 1.807) is 19.9 Å². The summed E-state index contributed by atoms with van der Waals surface area (Å²) in [5.41, 5.74) is 6.04. The van der Waals surface area contributed by atoms with E-state index in [1.807, 2.05) is 6.07 Å². The highest BCUT2D eigenvalue weighted by Gasteiger charge is 2.40. The van der Waals surface area contributed by atoms with Gasteiger partial charge in [0.05, 0.1) is 0 Å². The van der Waals surface area contributed by atoms with Gasteiger partial charge in [-0.25, -0.2) is 4.39 Å². The van der Waals surface area contributed by atoms with Crippen LogP contribution in [0.15, 0.2) is 12.1 Å². The molecular weight excluding hydrogens is 245 g/mol. The van der Waals surface area contributed by atoms with E-state index in [-0.39, 0.29) is 0 Å². The van der Waals surface area contributed by atoms with E-state index in [9.17, 15) is 4.39 Å². The van der Waals surface area contributed by atoms with Crippen molar-refractivity contribution in [1.82, 2.24) is 0 Å². The van der Waals surface area contributed by atoms with Crippen molar-refractivity contribution in [2.45, 2.75) is 44.3 Å². The Kier molecular flexibility index (Phi) is 2.75. The molecule has 0 bridgehead atoms. The van der Waals surface area contributed by atoms with Crippen LogP contribution in [0.25, 0.3) is 0 Å². The molecule has 0 unspecified atom stereocenters. The van der Waals surface area contributed by atoms with Gasteiger partial charge in [-0.1, -0.05) is 0 Å². The zero-order valence-corrected chi connectivity index (χ0v) is 11.5. The van der Waals surface area contributed by atoms with Gasteiger partial charge >= 0.3 is 0 Å². The van der Waals surface area contributed by atoms with Crippen LogP contribution in [0.2, 0.25) is 0 Å². The van der Waals surface area contributed by atoms with Gasteiger partial charge in [0.2, 0.25) is 0 Å². The zero-order chi connectivity index (χ0) is 13.7. The average molecular weight is 265 g/mol. The molecule has 3 rings (SSSR count). The molecular formula is C15H20FNO2. The normalized spacial score (nSPS) is 20.8. The SMILES string of the molecule is CC(C)(F)c1cc2c(cc1C1(N)CCC1)OCCO2. The van der Waals surface area contributed by atoms with Crippen molar-refractivity contribution in [2.75, 3.05) is 13.2 Å². The fourth-order valence-electron chi connectivity index (χ4n) is 2.82. The summed E-state index contributed by atoms with van der Waals surface area (Å²) in [6, 6.07) is 3.64. The highest BCUT2D eigenvalue weighted by Crippen LogP contribution is 2.47. The summed E-state index contributed by atoms with van der Waals surface area (Å²) < 4.78 is 25.6. The Bertz CT molecular complexity index is 504. The molecule has 19 heavy (non-hydrogen) atoms. The molecule has 3 nitrogen and oxygen atoms in total. The molecule has 0 amide bonds. The highest BCUT2D eigenvalue weighted by molar-refractivity contribution is 5.52. The molecule has 1 aromatic rings. The van der Waals surface area contributed by atoms with Crippen molar-refractivity contribution >= 4 is 0 Å². The van der Waals surface area contributed by atoms with Crippen LogP contribution in [-0.2, 0) is 11.2 Å². The van der Waals surface area contributed by atoms with Crippen LogP contribution in [0.5, 0.6) is 11.5 Å². The minimum absolute atomic E-state index is 0.408. The van der Waals surface area contributed by atoms with Gasteiger partial charge in [0.25, 0.3) is 0 Å². The first-order valence-corrected chi connectivity index (χ1v) is 6.83. The maximum absolute atomic E-state index is 14.5. The quantitative estimate of drug-likeness (QED) is 0.894. The molecule has 1 saturated carbocycles. The topological polar surface area (TPSA) is 44.5 Å². The van der Waals surface area contributed by atoms with E-state index < -0.39 is 11.2 Å². The van der Waals surface area contributed by atoms with Gasteiger partial charge in [0, 0.05) is 5.54 Å². The maximum atomic E-state index is 14.5. The summed E-state index contributed by atoms with van der Waals surface area (Å²) in [5.74, 6) is 1.31. The lowest BCUT2D eigenvalue weighted by Crippen LogP contribution is -2.45. The van der Waals surface area contributed by atoms with Crippen LogP contribution in [0, 0.1) is 0 Å². The van der Waals surface area contributed by atoms with Crippen LogP contribution in [-0.4, -0.2) is 13.2 Å². The van der Waals surface area contributed by atoms with Crippen molar-refractivity contribution in [2.24, 2.45) is 5.73 Å². The smallest absolute Gasteiger partial charge is 0.161 e. The molecule has 4 heteroatoms. The number of hydrogen-bond donors (Lipinski definition) is 1. The number of nitrogens with two attached hydrogens (primary N) is 1. The van der Waals surface area contributed by atoms with E-state index >= 15 is 0 Å². The molecule has 2 aliphatic rings. The van der Waals surface area contributed by atoms with Crippen LogP contribution < -0.4 is 15.2 Å². The molecule has 2 N–H and O–H groups in total. The van der Waals surface area contributed by atoms with Gasteiger partial charge in [-0.05, 0) is 56.4 Å². The van der Waals surface area contributed by atoms with E-state index in [4.69, 9.17) is 15.2 Å². The van der Waals surface area contributed by atoms with Crippen LogP contribution >= 0.6 is 0 Å². The van der Waals surface area contributed by atoms with Gasteiger partial charge in [-0.2, -0.15) is 0 Å². The summed E-state index contributed by atoms with van der Waals surface area (Å²) >= 11 is 0. The molecule has 0 aromatic heterocycles. The van der Waals surface area contributed by atoms with Crippen molar-refractivity contribution < 1.29 is 13.9 Å². The van der Waals surface area contributed by atoms with Gasteiger partial charge in [0.15, 0.2) is 11.5 Å². The molecule has 1 aromatic carbocycles. The second-order valence-electron chi connectivity index (χ2n) is 6.02. The lowest BCUT2D eigenvalue weighted by molar-refractivity contribution is 0.164. The maximum Gasteiger partial charge on any atom is 0.161 e. The second kappa shape index (κ2) is 4.10. The van der Waals surface area contributed by atoms with Crippen LogP contribution in [0.1, 0.15) is 44.2 Å². The van der Waals surface area contributed by atoms with E-state index in [2.05, 4.69) is 0 Å². The largest absolute Gasteiger partial charge is 0.486 e. The Labute approximate surface area is 112 Å². The number of hydrogen-bond acceptors (Lipinski definition) is 3. The number of benzene rings is 1. The summed E-state index contributed by atoms with van der Waals surface area (Å²) in [4.78, 5) is 0. The Morgan fingerprint density at radius 3 is 2.21 bits per heavy atom. The molecule has 1 heterocycles. The molecule has 0 atom stereocenters. The first-order chi connectivity index (χ1) is 8.90. The molecule has 104 valence electrons. The van der Waals surface area contributed by atoms with Crippen molar-refractivity contribution in [3.8, 4) is 11.5 Å². The van der Waals surface area contributed by atoms with E-state index in [0.29, 0.717) is 30.3 Å². The van der Waals surface area contributed by atoms with Crippen molar-refractivity contribution in [1.29, 1.82) is 0 Å². The number of alkyl halides is 1.